The fourth-order valence-corrected chi connectivity index (χ4v) is 8.86. The van der Waals surface area contributed by atoms with Gasteiger partial charge in [-0.15, -0.1) is 0 Å². The van der Waals surface area contributed by atoms with Gasteiger partial charge in [-0.05, 0) is 139 Å². The first-order valence-electron chi connectivity index (χ1n) is 20.9. The first kappa shape index (κ1) is 42.8. The lowest BCUT2D eigenvalue weighted by molar-refractivity contribution is 0.353. The smallest absolute Gasteiger partial charge is 0.161 e. The highest BCUT2D eigenvalue weighted by Gasteiger charge is 2.30. The second kappa shape index (κ2) is 20.3. The van der Waals surface area contributed by atoms with E-state index in [4.69, 9.17) is 28.4 Å². The number of rotatable bonds is 19. The molecule has 59 heavy (non-hydrogen) atoms. The van der Waals surface area contributed by atoms with Gasteiger partial charge < -0.3 is 39.1 Å². The second-order valence-corrected chi connectivity index (χ2v) is 15.2. The van der Waals surface area contributed by atoms with Crippen LogP contribution < -0.4 is 39.1 Å². The van der Waals surface area contributed by atoms with Crippen molar-refractivity contribution >= 4 is 11.4 Å². The third-order valence-electron chi connectivity index (χ3n) is 12.0. The van der Waals surface area contributed by atoms with Gasteiger partial charge in [-0.3, -0.25) is 0 Å². The zero-order valence-corrected chi connectivity index (χ0v) is 36.3. The zero-order chi connectivity index (χ0) is 41.9. The van der Waals surface area contributed by atoms with E-state index in [-0.39, 0.29) is 12.0 Å². The SMILES string of the molecule is CCC(C1=CCC(Nc2ccc(NC3=C(C(CC)c4ccc(OC)c(OC)c4)CC(C(CC)c4ccc(OC)c(OC)c4)C=C3)cc2)C=C1)c1ccc(OC)c(OC)c1. The molecular formula is C51H62N2O6. The molecule has 2 aliphatic rings. The highest BCUT2D eigenvalue weighted by molar-refractivity contribution is 5.60. The quantitative estimate of drug-likeness (QED) is 0.0971. The van der Waals surface area contributed by atoms with Crippen molar-refractivity contribution in [2.75, 3.05) is 53.3 Å². The Labute approximate surface area is 351 Å². The maximum Gasteiger partial charge on any atom is 0.161 e. The number of nitrogens with one attached hydrogen (secondary N) is 2. The molecule has 2 aliphatic carbocycles. The topological polar surface area (TPSA) is 79.4 Å². The third-order valence-corrected chi connectivity index (χ3v) is 12.0. The van der Waals surface area contributed by atoms with Gasteiger partial charge in [0.25, 0.3) is 0 Å². The number of allylic oxidation sites excluding steroid dienone is 5. The number of methoxy groups -OCH3 is 6. The molecule has 0 fully saturated rings. The molecule has 4 aromatic rings. The molecule has 0 bridgehead atoms. The molecular weight excluding hydrogens is 737 g/mol. The van der Waals surface area contributed by atoms with E-state index in [1.807, 2.05) is 18.2 Å². The Morgan fingerprint density at radius 2 is 1.05 bits per heavy atom. The molecule has 6 rings (SSSR count). The molecule has 0 radical (unpaired) electrons. The molecule has 4 aromatic carbocycles. The summed E-state index contributed by atoms with van der Waals surface area (Å²) in [4.78, 5) is 0. The lowest BCUT2D eigenvalue weighted by atomic mass is 9.73. The monoisotopic (exact) mass is 798 g/mol. The van der Waals surface area contributed by atoms with Gasteiger partial charge >= 0.3 is 0 Å². The Morgan fingerprint density at radius 1 is 0.542 bits per heavy atom. The average molecular weight is 799 g/mol. The Hall–Kier alpha value is -5.76. The van der Waals surface area contributed by atoms with E-state index in [0.29, 0.717) is 17.8 Å². The van der Waals surface area contributed by atoms with Crippen LogP contribution >= 0.6 is 0 Å². The van der Waals surface area contributed by atoms with Gasteiger partial charge in [0.15, 0.2) is 34.5 Å². The molecule has 0 aromatic heterocycles. The van der Waals surface area contributed by atoms with Crippen molar-refractivity contribution in [1.82, 2.24) is 0 Å². The van der Waals surface area contributed by atoms with E-state index < -0.39 is 0 Å². The van der Waals surface area contributed by atoms with Gasteiger partial charge in [-0.1, -0.05) is 63.3 Å². The van der Waals surface area contributed by atoms with Crippen LogP contribution in [-0.4, -0.2) is 48.7 Å². The summed E-state index contributed by atoms with van der Waals surface area (Å²) in [6.07, 6.45) is 16.4. The summed E-state index contributed by atoms with van der Waals surface area (Å²) >= 11 is 0. The number of hydrogen-bond acceptors (Lipinski definition) is 8. The summed E-state index contributed by atoms with van der Waals surface area (Å²) in [5.74, 6) is 5.53. The molecule has 5 unspecified atom stereocenters. The highest BCUT2D eigenvalue weighted by Crippen LogP contribution is 2.45. The number of anilines is 2. The molecule has 0 heterocycles. The molecule has 0 saturated heterocycles. The Kier molecular flexibility index (Phi) is 14.7. The highest BCUT2D eigenvalue weighted by atomic mass is 16.5. The normalized spacial score (nSPS) is 17.7. The minimum atomic E-state index is 0.170. The average Bonchev–Trinajstić information content (AvgIpc) is 3.28. The molecule has 8 heteroatoms. The molecule has 0 saturated carbocycles. The van der Waals surface area contributed by atoms with Crippen molar-refractivity contribution in [2.24, 2.45) is 5.92 Å². The zero-order valence-electron chi connectivity index (χ0n) is 36.3. The molecule has 5 atom stereocenters. The molecule has 8 nitrogen and oxygen atoms in total. The van der Waals surface area contributed by atoms with Gasteiger partial charge in [-0.25, -0.2) is 0 Å². The van der Waals surface area contributed by atoms with Crippen LogP contribution in [0.5, 0.6) is 34.5 Å². The molecule has 0 spiro atoms. The van der Waals surface area contributed by atoms with Gasteiger partial charge in [0.05, 0.1) is 42.7 Å². The van der Waals surface area contributed by atoms with E-state index >= 15 is 0 Å². The predicted molar refractivity (Wildman–Crippen MR) is 241 cm³/mol. The van der Waals surface area contributed by atoms with Crippen molar-refractivity contribution in [1.29, 1.82) is 0 Å². The van der Waals surface area contributed by atoms with Crippen LogP contribution in [0.25, 0.3) is 0 Å². The van der Waals surface area contributed by atoms with Crippen LogP contribution in [0.2, 0.25) is 0 Å². The van der Waals surface area contributed by atoms with Crippen LogP contribution in [-0.2, 0) is 0 Å². The van der Waals surface area contributed by atoms with Crippen molar-refractivity contribution in [2.45, 2.75) is 76.7 Å². The Morgan fingerprint density at radius 3 is 1.54 bits per heavy atom. The van der Waals surface area contributed by atoms with Gasteiger partial charge in [0.1, 0.15) is 0 Å². The van der Waals surface area contributed by atoms with E-state index in [1.165, 1.54) is 27.8 Å². The van der Waals surface area contributed by atoms with Crippen LogP contribution in [0, 0.1) is 5.92 Å². The fraction of sp³-hybridized carbons (Fsp3) is 0.373. The fourth-order valence-electron chi connectivity index (χ4n) is 8.86. The van der Waals surface area contributed by atoms with Crippen LogP contribution in [0.15, 0.2) is 126 Å². The summed E-state index contributed by atoms with van der Waals surface area (Å²) in [5.41, 5.74) is 9.66. The van der Waals surface area contributed by atoms with E-state index in [0.717, 1.165) is 83.7 Å². The number of ether oxygens (including phenoxy) is 6. The number of hydrogen-bond donors (Lipinski definition) is 2. The van der Waals surface area contributed by atoms with Crippen molar-refractivity contribution in [3.8, 4) is 34.5 Å². The minimum Gasteiger partial charge on any atom is -0.493 e. The van der Waals surface area contributed by atoms with Crippen molar-refractivity contribution < 1.29 is 28.4 Å². The molecule has 0 amide bonds. The molecule has 2 N–H and O–H groups in total. The maximum absolute atomic E-state index is 5.76. The predicted octanol–water partition coefficient (Wildman–Crippen LogP) is 12.2. The van der Waals surface area contributed by atoms with Crippen LogP contribution in [0.4, 0.5) is 11.4 Å². The lowest BCUT2D eigenvalue weighted by Crippen LogP contribution is -2.20. The van der Waals surface area contributed by atoms with E-state index in [2.05, 4.69) is 122 Å². The van der Waals surface area contributed by atoms with Gasteiger partial charge in [0.2, 0.25) is 0 Å². The summed E-state index contributed by atoms with van der Waals surface area (Å²) in [6, 6.07) is 27.8. The number of benzene rings is 4. The summed E-state index contributed by atoms with van der Waals surface area (Å²) < 4.78 is 33.7. The van der Waals surface area contributed by atoms with Crippen LogP contribution in [0.1, 0.15) is 87.3 Å². The Bertz CT molecular complexity index is 2150. The van der Waals surface area contributed by atoms with E-state index in [1.54, 1.807) is 42.7 Å². The van der Waals surface area contributed by atoms with Crippen LogP contribution in [0.3, 0.4) is 0 Å². The van der Waals surface area contributed by atoms with Crippen molar-refractivity contribution in [3.05, 3.63) is 143 Å². The summed E-state index contributed by atoms with van der Waals surface area (Å²) in [6.45, 7) is 6.77. The minimum absolute atomic E-state index is 0.170. The largest absolute Gasteiger partial charge is 0.493 e. The van der Waals surface area contributed by atoms with Gasteiger partial charge in [-0.2, -0.15) is 0 Å². The summed E-state index contributed by atoms with van der Waals surface area (Å²) in [5, 5.41) is 7.57. The standard InChI is InChI=1S/C51H62N2O6/c1-10-41(35-16-26-46(54-4)49(30-35)57-7)33-13-19-38(20-14-33)52-39-21-23-40(24-22-39)53-45-25-15-34(42(11-2)36-17-27-47(55-5)50(31-36)58-8)29-44(45)43(12-3)37-18-28-48(56-6)51(32-37)59-9/h13-19,21-28,30-32,34,38,41-43,52-53H,10-12,20,29H2,1-9H3. The first-order valence-corrected chi connectivity index (χ1v) is 20.9. The lowest BCUT2D eigenvalue weighted by Gasteiger charge is -2.33. The summed E-state index contributed by atoms with van der Waals surface area (Å²) in [7, 11) is 10.1. The van der Waals surface area contributed by atoms with E-state index in [9.17, 15) is 0 Å². The third kappa shape index (κ3) is 9.76. The second-order valence-electron chi connectivity index (χ2n) is 15.2. The van der Waals surface area contributed by atoms with Crippen molar-refractivity contribution in [3.63, 3.8) is 0 Å². The van der Waals surface area contributed by atoms with Gasteiger partial charge in [0, 0.05) is 34.9 Å². The Balaban J connectivity index is 1.21. The first-order chi connectivity index (χ1) is 28.8. The maximum atomic E-state index is 5.76. The molecule has 312 valence electrons. The molecule has 0 aliphatic heterocycles.